The number of Topliss-reactive ketones (excluding diaryl/α,β-unsaturated/α-hetero) is 1. The van der Waals surface area contributed by atoms with Gasteiger partial charge in [0.15, 0.2) is 17.4 Å². The predicted molar refractivity (Wildman–Crippen MR) is 242 cm³/mol. The molecule has 0 aromatic heterocycles. The van der Waals surface area contributed by atoms with E-state index in [1.54, 1.807) is 9.24 Å². The molecule has 1 aromatic carbocycles. The summed E-state index contributed by atoms with van der Waals surface area (Å²) < 4.78 is 59.3. The van der Waals surface area contributed by atoms with Crippen LogP contribution in [0.25, 0.3) is 0 Å². The van der Waals surface area contributed by atoms with Crippen molar-refractivity contribution in [1.82, 2.24) is 16.0 Å². The number of ketones is 1. The lowest BCUT2D eigenvalue weighted by molar-refractivity contribution is -0.134. The van der Waals surface area contributed by atoms with Crippen LogP contribution in [0.5, 0.6) is 5.75 Å². The van der Waals surface area contributed by atoms with Crippen LogP contribution in [0.4, 0.5) is 17.6 Å². The van der Waals surface area contributed by atoms with E-state index in [0.29, 0.717) is 51.7 Å². The SMILES string of the molecule is CC(C)C(=O)CCC(CCC(=O)NCCCCN)(CCC(=O)NCCCCS)NC(=O)CCCCCCCCCCC(=O)Oc1c(F)c(F)c(F)c(F)c1P.CCCCCN. The van der Waals surface area contributed by atoms with Gasteiger partial charge in [0, 0.05) is 56.7 Å². The number of carbonyl (C=O) groups is 5. The van der Waals surface area contributed by atoms with Crippen molar-refractivity contribution in [2.24, 2.45) is 17.4 Å². The molecule has 352 valence electrons. The molecule has 11 nitrogen and oxygen atoms in total. The van der Waals surface area contributed by atoms with E-state index in [2.05, 4.69) is 35.5 Å². The molecule has 1 rings (SSSR count). The third-order valence-electron chi connectivity index (χ3n) is 10.2. The number of rotatable bonds is 34. The maximum Gasteiger partial charge on any atom is 0.311 e. The lowest BCUT2D eigenvalue weighted by Crippen LogP contribution is -2.50. The van der Waals surface area contributed by atoms with Crippen molar-refractivity contribution in [2.75, 3.05) is 31.9 Å². The van der Waals surface area contributed by atoms with E-state index in [9.17, 15) is 41.5 Å². The van der Waals surface area contributed by atoms with Crippen LogP contribution < -0.4 is 37.5 Å². The largest absolute Gasteiger partial charge is 0.422 e. The Hall–Kier alpha value is -2.81. The summed E-state index contributed by atoms with van der Waals surface area (Å²) in [7, 11) is 1.70. The van der Waals surface area contributed by atoms with E-state index < -0.39 is 45.8 Å². The first-order valence-corrected chi connectivity index (χ1v) is 23.5. The quantitative estimate of drug-likeness (QED) is 0.00592. The van der Waals surface area contributed by atoms with Gasteiger partial charge in [0.2, 0.25) is 29.4 Å². The Labute approximate surface area is 370 Å². The summed E-state index contributed by atoms with van der Waals surface area (Å²) in [6, 6.07) is 0. The molecule has 61 heavy (non-hydrogen) atoms. The van der Waals surface area contributed by atoms with Gasteiger partial charge < -0.3 is 32.2 Å². The van der Waals surface area contributed by atoms with Crippen molar-refractivity contribution in [1.29, 1.82) is 0 Å². The summed E-state index contributed by atoms with van der Waals surface area (Å²) in [6.45, 7) is 8.23. The van der Waals surface area contributed by atoms with Gasteiger partial charge in [0.05, 0.1) is 5.30 Å². The van der Waals surface area contributed by atoms with Gasteiger partial charge in [0.1, 0.15) is 5.78 Å². The number of nitrogens with one attached hydrogen (secondary N) is 3. The number of unbranched alkanes of at least 4 members (excludes halogenated alkanes) is 11. The number of esters is 1. The van der Waals surface area contributed by atoms with Crippen LogP contribution in [0.1, 0.15) is 168 Å². The molecule has 0 bridgehead atoms. The molecule has 0 radical (unpaired) electrons. The molecule has 3 amide bonds. The zero-order valence-corrected chi connectivity index (χ0v) is 39.1. The van der Waals surface area contributed by atoms with Crippen LogP contribution in [-0.4, -0.2) is 66.9 Å². The predicted octanol–water partition coefficient (Wildman–Crippen LogP) is 7.79. The van der Waals surface area contributed by atoms with Crippen LogP contribution >= 0.6 is 21.9 Å². The van der Waals surface area contributed by atoms with Crippen molar-refractivity contribution in [3.63, 3.8) is 0 Å². The second-order valence-electron chi connectivity index (χ2n) is 15.9. The van der Waals surface area contributed by atoms with E-state index in [-0.39, 0.29) is 67.9 Å². The number of hydrogen-bond acceptors (Lipinski definition) is 9. The van der Waals surface area contributed by atoms with Gasteiger partial charge >= 0.3 is 5.97 Å². The number of benzene rings is 1. The summed E-state index contributed by atoms with van der Waals surface area (Å²) in [5.41, 5.74) is 9.85. The van der Waals surface area contributed by atoms with Crippen LogP contribution in [0.3, 0.4) is 0 Å². The highest BCUT2D eigenvalue weighted by atomic mass is 32.1. The maximum absolute atomic E-state index is 14.0. The number of thiol groups is 1. The summed E-state index contributed by atoms with van der Waals surface area (Å²) in [4.78, 5) is 63.7. The van der Waals surface area contributed by atoms with Crippen LogP contribution in [0, 0.1) is 29.2 Å². The Morgan fingerprint density at radius 1 is 0.623 bits per heavy atom. The molecule has 0 aliphatic heterocycles. The fourth-order valence-corrected chi connectivity index (χ4v) is 6.86. The Balaban J connectivity index is 0.00000555. The van der Waals surface area contributed by atoms with Crippen LogP contribution in [0.2, 0.25) is 0 Å². The first-order chi connectivity index (χ1) is 29.1. The van der Waals surface area contributed by atoms with E-state index in [4.69, 9.17) is 16.2 Å². The molecule has 17 heteroatoms. The van der Waals surface area contributed by atoms with Gasteiger partial charge in [-0.2, -0.15) is 17.0 Å². The van der Waals surface area contributed by atoms with Crippen molar-refractivity contribution in [3.8, 4) is 5.75 Å². The topological polar surface area (TPSA) is 183 Å². The number of ether oxygens (including phenoxy) is 1. The first kappa shape index (κ1) is 58.2. The third-order valence-corrected chi connectivity index (χ3v) is 11.1. The summed E-state index contributed by atoms with van der Waals surface area (Å²) in [5, 5.41) is 8.27. The van der Waals surface area contributed by atoms with E-state index >= 15 is 0 Å². The van der Waals surface area contributed by atoms with Crippen molar-refractivity contribution in [2.45, 2.75) is 174 Å². The molecule has 0 heterocycles. The van der Waals surface area contributed by atoms with E-state index in [1.165, 1.54) is 19.3 Å². The molecule has 0 fully saturated rings. The normalized spacial score (nSPS) is 12.0. The Morgan fingerprint density at radius 3 is 1.59 bits per heavy atom. The molecule has 2 unspecified atom stereocenters. The van der Waals surface area contributed by atoms with Gasteiger partial charge in [-0.15, -0.1) is 0 Å². The van der Waals surface area contributed by atoms with Gasteiger partial charge in [0.25, 0.3) is 0 Å². The third kappa shape index (κ3) is 27.1. The smallest absolute Gasteiger partial charge is 0.311 e. The lowest BCUT2D eigenvalue weighted by Gasteiger charge is -2.35. The minimum atomic E-state index is -2.05. The van der Waals surface area contributed by atoms with Gasteiger partial charge in [-0.05, 0) is 83.1 Å². The zero-order valence-electron chi connectivity index (χ0n) is 37.0. The van der Waals surface area contributed by atoms with Gasteiger partial charge in [-0.25, -0.2) is 13.2 Å². The van der Waals surface area contributed by atoms with E-state index in [1.807, 2.05) is 13.8 Å². The highest BCUT2D eigenvalue weighted by Gasteiger charge is 2.34. The molecule has 0 spiro atoms. The molecular weight excluding hydrogens is 834 g/mol. The molecule has 1 aromatic rings. The molecule has 0 saturated carbocycles. The Kier molecular flexibility index (Phi) is 34.0. The van der Waals surface area contributed by atoms with E-state index in [0.717, 1.165) is 70.1 Å². The Bertz CT molecular complexity index is 1380. The molecule has 0 saturated heterocycles. The molecular formula is C44H76F4N5O6PS. The van der Waals surface area contributed by atoms with Crippen LogP contribution in [-0.2, 0) is 24.0 Å². The minimum Gasteiger partial charge on any atom is -0.422 e. The van der Waals surface area contributed by atoms with Crippen molar-refractivity contribution in [3.05, 3.63) is 23.3 Å². The van der Waals surface area contributed by atoms with Gasteiger partial charge in [-0.1, -0.05) is 81.4 Å². The number of amides is 3. The highest BCUT2D eigenvalue weighted by Crippen LogP contribution is 2.28. The zero-order chi connectivity index (χ0) is 46.1. The summed E-state index contributed by atoms with van der Waals surface area (Å²) in [5.74, 6) is -9.23. The average molecular weight is 910 g/mol. The summed E-state index contributed by atoms with van der Waals surface area (Å²) in [6.07, 6.45) is 14.5. The fraction of sp³-hybridized carbons (Fsp3) is 0.750. The second kappa shape index (κ2) is 35.6. The number of halogens is 4. The standard InChI is InChI=1S/C39H63F4N4O6PS.C5H13N/c1-27(2)28(48)17-20-39(21-18-29(49)45-24-12-11-23-44,22-19-30(50)46-25-13-14-26-55)47-31(51)15-9-7-5-3-4-6-8-10-16-32(52)53-37-35(42)33(40)34(41)36(43)38(37)54;1-2-3-4-5-6/h27,55H,3-26,44,54H2,1-2H3,(H,45,49)(H,46,50)(H,47,51);2-6H2,1H3. The molecule has 2 atom stereocenters. The average Bonchev–Trinajstić information content (AvgIpc) is 3.24. The fourth-order valence-electron chi connectivity index (χ4n) is 6.32. The second-order valence-corrected chi connectivity index (χ2v) is 16.9. The molecule has 7 N–H and O–H groups in total. The minimum absolute atomic E-state index is 0.0454. The molecule has 0 aliphatic carbocycles. The summed E-state index contributed by atoms with van der Waals surface area (Å²) >= 11 is 4.20. The lowest BCUT2D eigenvalue weighted by atomic mass is 9.81. The maximum atomic E-state index is 14.0. The molecule has 0 aliphatic rings. The van der Waals surface area contributed by atoms with Crippen molar-refractivity contribution < 1.29 is 46.3 Å². The highest BCUT2D eigenvalue weighted by molar-refractivity contribution is 7.80. The number of carbonyl (C=O) groups excluding carboxylic acids is 5. The van der Waals surface area contributed by atoms with Gasteiger partial charge in [-0.3, -0.25) is 24.0 Å². The number of nitrogens with two attached hydrogens (primary N) is 2. The van der Waals surface area contributed by atoms with Crippen LogP contribution in [0.15, 0.2) is 0 Å². The first-order valence-electron chi connectivity index (χ1n) is 22.3. The number of hydrogen-bond donors (Lipinski definition) is 6. The Morgan fingerprint density at radius 2 is 1.10 bits per heavy atom. The monoisotopic (exact) mass is 910 g/mol. The van der Waals surface area contributed by atoms with Crippen molar-refractivity contribution >= 4 is 56.6 Å².